The van der Waals surface area contributed by atoms with Crippen LogP contribution in [0.25, 0.3) is 12.2 Å². The van der Waals surface area contributed by atoms with Gasteiger partial charge in [-0.3, -0.25) is 4.79 Å². The van der Waals surface area contributed by atoms with Crippen molar-refractivity contribution in [3.8, 4) is 0 Å². The number of carbonyl (C=O) groups excluding carboxylic acids is 1. The Morgan fingerprint density at radius 3 is 2.62 bits per heavy atom. The molecule has 0 spiro atoms. The van der Waals surface area contributed by atoms with E-state index < -0.39 is 0 Å². The summed E-state index contributed by atoms with van der Waals surface area (Å²) in [7, 11) is 0. The number of hydrogen-bond donors (Lipinski definition) is 1. The minimum atomic E-state index is -0.0800. The Kier molecular flexibility index (Phi) is 5.32. The number of carbonyl (C=O) groups is 1. The van der Waals surface area contributed by atoms with Gasteiger partial charge in [0.05, 0.1) is 12.6 Å². The van der Waals surface area contributed by atoms with Crippen molar-refractivity contribution in [2.75, 3.05) is 5.32 Å². The second kappa shape index (κ2) is 7.66. The highest BCUT2D eigenvalue weighted by atomic mass is 32.1. The number of aromatic nitrogens is 2. The summed E-state index contributed by atoms with van der Waals surface area (Å²) in [6, 6.07) is 9.63. The van der Waals surface area contributed by atoms with E-state index in [-0.39, 0.29) is 11.3 Å². The number of benzene rings is 1. The first-order valence-corrected chi connectivity index (χ1v) is 9.16. The minimum Gasteiger partial charge on any atom is -0.441 e. The molecule has 1 N–H and O–H groups in total. The first-order valence-electron chi connectivity index (χ1n) is 8.34. The molecule has 1 aromatic carbocycles. The van der Waals surface area contributed by atoms with E-state index in [2.05, 4.69) is 36.1 Å². The number of nitrogens with zero attached hydrogens (tertiary/aromatic N) is 2. The third-order valence-electron chi connectivity index (χ3n) is 3.63. The van der Waals surface area contributed by atoms with Crippen molar-refractivity contribution in [2.24, 2.45) is 0 Å². The number of nitrogens with one attached hydrogen (secondary N) is 1. The number of hydrogen-bond acceptors (Lipinski definition) is 5. The standard InChI is InChI=1S/C20H21N3O2S/c1-20(2,3)16-13-21-18(25-16)10-9-15-12-22-19(26-15)23-17(24)11-14-7-5-4-6-8-14/h4-10,12-13H,11H2,1-3H3,(H,22,23,24)/b10-9+. The molecule has 0 aliphatic rings. The lowest BCUT2D eigenvalue weighted by atomic mass is 9.94. The molecule has 134 valence electrons. The third kappa shape index (κ3) is 4.89. The van der Waals surface area contributed by atoms with Gasteiger partial charge in [-0.2, -0.15) is 0 Å². The van der Waals surface area contributed by atoms with Gasteiger partial charge in [0.1, 0.15) is 5.76 Å². The lowest BCUT2D eigenvalue weighted by Gasteiger charge is -2.12. The second-order valence-electron chi connectivity index (χ2n) is 6.92. The number of amides is 1. The number of anilines is 1. The topological polar surface area (TPSA) is 68.0 Å². The first-order chi connectivity index (χ1) is 12.4. The van der Waals surface area contributed by atoms with E-state index in [0.717, 1.165) is 16.2 Å². The normalized spacial score (nSPS) is 11.8. The van der Waals surface area contributed by atoms with Crippen LogP contribution in [-0.4, -0.2) is 15.9 Å². The third-order valence-corrected chi connectivity index (χ3v) is 4.51. The van der Waals surface area contributed by atoms with Gasteiger partial charge >= 0.3 is 0 Å². The fourth-order valence-electron chi connectivity index (χ4n) is 2.23. The molecule has 0 unspecified atom stereocenters. The molecular formula is C20H21N3O2S. The molecule has 6 heteroatoms. The van der Waals surface area contributed by atoms with Crippen LogP contribution in [0.5, 0.6) is 0 Å². The summed E-state index contributed by atoms with van der Waals surface area (Å²) in [5.41, 5.74) is 0.903. The number of thiazole rings is 1. The zero-order valence-electron chi connectivity index (χ0n) is 15.0. The summed E-state index contributed by atoms with van der Waals surface area (Å²) in [5, 5.41) is 3.41. The fraction of sp³-hybridized carbons (Fsp3) is 0.250. The first kappa shape index (κ1) is 18.1. The molecule has 0 radical (unpaired) electrons. The average Bonchev–Trinajstić information content (AvgIpc) is 3.22. The van der Waals surface area contributed by atoms with Gasteiger partial charge < -0.3 is 9.73 Å². The van der Waals surface area contributed by atoms with Gasteiger partial charge in [-0.05, 0) is 11.6 Å². The van der Waals surface area contributed by atoms with Gasteiger partial charge in [0, 0.05) is 22.6 Å². The molecule has 0 fully saturated rings. The summed E-state index contributed by atoms with van der Waals surface area (Å²) in [6.45, 7) is 6.23. The maximum Gasteiger partial charge on any atom is 0.230 e. The maximum atomic E-state index is 12.1. The van der Waals surface area contributed by atoms with Crippen molar-refractivity contribution >= 4 is 34.5 Å². The van der Waals surface area contributed by atoms with Gasteiger partial charge in [0.15, 0.2) is 5.13 Å². The van der Waals surface area contributed by atoms with Crippen molar-refractivity contribution in [2.45, 2.75) is 32.6 Å². The summed E-state index contributed by atoms with van der Waals surface area (Å²) >= 11 is 1.40. The molecule has 0 saturated carbocycles. The molecule has 1 amide bonds. The van der Waals surface area contributed by atoms with Gasteiger partial charge in [-0.25, -0.2) is 9.97 Å². The lowest BCUT2D eigenvalue weighted by Crippen LogP contribution is -2.13. The highest BCUT2D eigenvalue weighted by molar-refractivity contribution is 7.16. The van der Waals surface area contributed by atoms with E-state index in [1.165, 1.54) is 11.3 Å². The van der Waals surface area contributed by atoms with E-state index >= 15 is 0 Å². The summed E-state index contributed by atoms with van der Waals surface area (Å²) in [6.07, 6.45) is 7.48. The van der Waals surface area contributed by atoms with Crippen LogP contribution in [0.1, 0.15) is 42.9 Å². The molecule has 2 heterocycles. The van der Waals surface area contributed by atoms with Gasteiger partial charge in [0.25, 0.3) is 0 Å². The molecule has 0 saturated heterocycles. The van der Waals surface area contributed by atoms with Crippen LogP contribution in [0.4, 0.5) is 5.13 Å². The van der Waals surface area contributed by atoms with Crippen LogP contribution in [0.15, 0.2) is 47.1 Å². The van der Waals surface area contributed by atoms with E-state index in [1.54, 1.807) is 18.5 Å². The Bertz CT molecular complexity index is 905. The average molecular weight is 367 g/mol. The molecule has 0 aliphatic carbocycles. The van der Waals surface area contributed by atoms with Crippen molar-refractivity contribution in [3.63, 3.8) is 0 Å². The van der Waals surface area contributed by atoms with Crippen molar-refractivity contribution in [1.82, 2.24) is 9.97 Å². The Morgan fingerprint density at radius 1 is 1.15 bits per heavy atom. The Hall–Kier alpha value is -2.73. The minimum absolute atomic E-state index is 0.0697. The highest BCUT2D eigenvalue weighted by Gasteiger charge is 2.18. The van der Waals surface area contributed by atoms with Crippen LogP contribution in [0, 0.1) is 0 Å². The molecule has 0 atom stereocenters. The molecule has 2 aromatic heterocycles. The predicted molar refractivity (Wildman–Crippen MR) is 105 cm³/mol. The quantitative estimate of drug-likeness (QED) is 0.705. The fourth-order valence-corrected chi connectivity index (χ4v) is 2.97. The molecule has 0 bridgehead atoms. The smallest absolute Gasteiger partial charge is 0.230 e. The van der Waals surface area contributed by atoms with E-state index in [4.69, 9.17) is 4.42 Å². The molecule has 0 aliphatic heterocycles. The summed E-state index contributed by atoms with van der Waals surface area (Å²) in [4.78, 5) is 21.5. The second-order valence-corrected chi connectivity index (χ2v) is 7.99. The van der Waals surface area contributed by atoms with Crippen molar-refractivity contribution in [3.05, 3.63) is 64.8 Å². The van der Waals surface area contributed by atoms with Crippen LogP contribution < -0.4 is 5.32 Å². The molecule has 5 nitrogen and oxygen atoms in total. The van der Waals surface area contributed by atoms with Crippen LogP contribution >= 0.6 is 11.3 Å². The molecule has 3 rings (SSSR count). The Labute approximate surface area is 156 Å². The molecule has 3 aromatic rings. The summed E-state index contributed by atoms with van der Waals surface area (Å²) < 4.78 is 5.72. The van der Waals surface area contributed by atoms with Gasteiger partial charge in [-0.1, -0.05) is 62.4 Å². The SMILES string of the molecule is CC(C)(C)c1cnc(/C=C/c2cnc(NC(=O)Cc3ccccc3)s2)o1. The largest absolute Gasteiger partial charge is 0.441 e. The van der Waals surface area contributed by atoms with Crippen LogP contribution in [0.2, 0.25) is 0 Å². The van der Waals surface area contributed by atoms with Crippen LogP contribution in [-0.2, 0) is 16.6 Å². The summed E-state index contributed by atoms with van der Waals surface area (Å²) in [5.74, 6) is 1.32. The van der Waals surface area contributed by atoms with Gasteiger partial charge in [0.2, 0.25) is 11.8 Å². The molecule has 26 heavy (non-hydrogen) atoms. The van der Waals surface area contributed by atoms with Crippen LogP contribution in [0.3, 0.4) is 0 Å². The zero-order valence-corrected chi connectivity index (χ0v) is 15.8. The zero-order chi connectivity index (χ0) is 18.6. The Balaban J connectivity index is 1.59. The van der Waals surface area contributed by atoms with Crippen molar-refractivity contribution < 1.29 is 9.21 Å². The maximum absolute atomic E-state index is 12.1. The number of rotatable bonds is 5. The highest BCUT2D eigenvalue weighted by Crippen LogP contribution is 2.24. The Morgan fingerprint density at radius 2 is 1.92 bits per heavy atom. The van der Waals surface area contributed by atoms with E-state index in [9.17, 15) is 4.79 Å². The monoisotopic (exact) mass is 367 g/mol. The van der Waals surface area contributed by atoms with Gasteiger partial charge in [-0.15, -0.1) is 0 Å². The van der Waals surface area contributed by atoms with E-state index in [0.29, 0.717) is 17.4 Å². The van der Waals surface area contributed by atoms with E-state index in [1.807, 2.05) is 36.4 Å². The van der Waals surface area contributed by atoms with Crippen molar-refractivity contribution in [1.29, 1.82) is 0 Å². The lowest BCUT2D eigenvalue weighted by molar-refractivity contribution is -0.115. The predicted octanol–water partition coefficient (Wildman–Crippen LogP) is 4.78. The molecular weight excluding hydrogens is 346 g/mol. The number of oxazole rings is 1.